The molecule has 0 aromatic heterocycles. The van der Waals surface area contributed by atoms with Gasteiger partial charge in [0.05, 0.1) is 5.92 Å². The highest BCUT2D eigenvalue weighted by molar-refractivity contribution is 5.88. The standard InChI is InChI=1S/C16H19NO4/c1-16(15(19)20,12-6-7-12)17-14(18)11-8-10-4-2-3-5-13(10)21-9-11/h2-5,11-12H,6-9H2,1H3,(H,17,18)(H,19,20). The molecule has 2 aliphatic rings. The largest absolute Gasteiger partial charge is 0.492 e. The molecule has 112 valence electrons. The quantitative estimate of drug-likeness (QED) is 0.883. The number of carboxylic acids is 1. The van der Waals surface area contributed by atoms with Crippen molar-refractivity contribution in [2.75, 3.05) is 6.61 Å². The first-order chi connectivity index (χ1) is 10.0. The lowest BCUT2D eigenvalue weighted by Gasteiger charge is -2.30. The Labute approximate surface area is 123 Å². The molecule has 1 aromatic rings. The van der Waals surface area contributed by atoms with E-state index in [2.05, 4.69) is 5.32 Å². The minimum atomic E-state index is -1.16. The number of carbonyl (C=O) groups is 2. The van der Waals surface area contributed by atoms with Crippen molar-refractivity contribution in [3.8, 4) is 5.75 Å². The van der Waals surface area contributed by atoms with Crippen LogP contribution >= 0.6 is 0 Å². The first kappa shape index (κ1) is 13.9. The van der Waals surface area contributed by atoms with Crippen LogP contribution in [-0.2, 0) is 16.0 Å². The monoisotopic (exact) mass is 289 g/mol. The Kier molecular flexibility index (Phi) is 3.35. The van der Waals surface area contributed by atoms with Crippen LogP contribution in [0.25, 0.3) is 0 Å². The highest BCUT2D eigenvalue weighted by Gasteiger charge is 2.49. The Morgan fingerprint density at radius 3 is 2.71 bits per heavy atom. The zero-order chi connectivity index (χ0) is 15.0. The van der Waals surface area contributed by atoms with Crippen LogP contribution in [0.2, 0.25) is 0 Å². The third-order valence-electron chi connectivity index (χ3n) is 4.47. The van der Waals surface area contributed by atoms with Gasteiger partial charge in [0, 0.05) is 0 Å². The van der Waals surface area contributed by atoms with Gasteiger partial charge in [-0.1, -0.05) is 18.2 Å². The molecule has 5 nitrogen and oxygen atoms in total. The van der Waals surface area contributed by atoms with Gasteiger partial charge in [-0.3, -0.25) is 4.79 Å². The average molecular weight is 289 g/mol. The van der Waals surface area contributed by atoms with Crippen LogP contribution in [0.1, 0.15) is 25.3 Å². The fraction of sp³-hybridized carbons (Fsp3) is 0.500. The van der Waals surface area contributed by atoms with Crippen molar-refractivity contribution >= 4 is 11.9 Å². The van der Waals surface area contributed by atoms with Crippen molar-refractivity contribution in [2.24, 2.45) is 11.8 Å². The van der Waals surface area contributed by atoms with Crippen molar-refractivity contribution < 1.29 is 19.4 Å². The first-order valence-corrected chi connectivity index (χ1v) is 7.27. The molecule has 3 rings (SSSR count). The molecule has 0 spiro atoms. The van der Waals surface area contributed by atoms with Crippen molar-refractivity contribution in [3.63, 3.8) is 0 Å². The average Bonchev–Trinajstić information content (AvgIpc) is 3.31. The number of carboxylic acid groups (broad SMARTS) is 1. The summed E-state index contributed by atoms with van der Waals surface area (Å²) in [4.78, 5) is 23.9. The van der Waals surface area contributed by atoms with E-state index in [4.69, 9.17) is 4.74 Å². The Morgan fingerprint density at radius 1 is 1.33 bits per heavy atom. The Balaban J connectivity index is 1.71. The second kappa shape index (κ2) is 5.06. The Bertz CT molecular complexity index is 581. The van der Waals surface area contributed by atoms with Gasteiger partial charge in [-0.2, -0.15) is 0 Å². The van der Waals surface area contributed by atoms with Crippen molar-refractivity contribution in [2.45, 2.75) is 31.7 Å². The summed E-state index contributed by atoms with van der Waals surface area (Å²) in [7, 11) is 0. The molecule has 0 bridgehead atoms. The van der Waals surface area contributed by atoms with Crippen LogP contribution in [0, 0.1) is 11.8 Å². The summed E-state index contributed by atoms with van der Waals surface area (Å²) in [5.74, 6) is -0.686. The third-order valence-corrected chi connectivity index (χ3v) is 4.47. The predicted molar refractivity (Wildman–Crippen MR) is 76.0 cm³/mol. The number of amides is 1. The second-order valence-electron chi connectivity index (χ2n) is 6.09. The number of hydrogen-bond donors (Lipinski definition) is 2. The second-order valence-corrected chi connectivity index (χ2v) is 6.09. The van der Waals surface area contributed by atoms with Crippen LogP contribution in [0.4, 0.5) is 0 Å². The maximum absolute atomic E-state index is 12.4. The number of rotatable bonds is 4. The van der Waals surface area contributed by atoms with Gasteiger partial charge >= 0.3 is 5.97 Å². The van der Waals surface area contributed by atoms with Crippen LogP contribution in [0.15, 0.2) is 24.3 Å². The molecule has 0 saturated heterocycles. The van der Waals surface area contributed by atoms with E-state index in [1.165, 1.54) is 0 Å². The summed E-state index contributed by atoms with van der Waals surface area (Å²) in [6, 6.07) is 7.63. The molecule has 2 atom stereocenters. The molecule has 1 aliphatic heterocycles. The molecule has 1 aromatic carbocycles. The molecule has 1 aliphatic carbocycles. The Morgan fingerprint density at radius 2 is 2.05 bits per heavy atom. The van der Waals surface area contributed by atoms with Gasteiger partial charge in [0.2, 0.25) is 5.91 Å². The number of aliphatic carboxylic acids is 1. The molecule has 2 N–H and O–H groups in total. The fourth-order valence-electron chi connectivity index (χ4n) is 2.85. The molecule has 1 amide bonds. The summed E-state index contributed by atoms with van der Waals surface area (Å²) >= 11 is 0. The van der Waals surface area contributed by atoms with E-state index >= 15 is 0 Å². The number of hydrogen-bond acceptors (Lipinski definition) is 3. The predicted octanol–water partition coefficient (Wildman–Crippen LogP) is 1.61. The van der Waals surface area contributed by atoms with E-state index in [0.29, 0.717) is 13.0 Å². The lowest BCUT2D eigenvalue weighted by molar-refractivity contribution is -0.148. The van der Waals surface area contributed by atoms with Crippen molar-refractivity contribution in [1.82, 2.24) is 5.32 Å². The van der Waals surface area contributed by atoms with E-state index in [1.807, 2.05) is 24.3 Å². The van der Waals surface area contributed by atoms with Gasteiger partial charge in [-0.25, -0.2) is 4.79 Å². The molecule has 2 unspecified atom stereocenters. The van der Waals surface area contributed by atoms with Gasteiger partial charge in [-0.05, 0) is 43.7 Å². The molecular formula is C16H19NO4. The minimum absolute atomic E-state index is 0.0377. The molecule has 5 heteroatoms. The van der Waals surface area contributed by atoms with Gasteiger partial charge in [0.25, 0.3) is 0 Å². The van der Waals surface area contributed by atoms with E-state index in [-0.39, 0.29) is 17.7 Å². The number of ether oxygens (including phenoxy) is 1. The van der Waals surface area contributed by atoms with E-state index in [0.717, 1.165) is 24.2 Å². The molecular weight excluding hydrogens is 270 g/mol. The van der Waals surface area contributed by atoms with Crippen molar-refractivity contribution in [3.05, 3.63) is 29.8 Å². The van der Waals surface area contributed by atoms with Crippen LogP contribution in [0.5, 0.6) is 5.75 Å². The van der Waals surface area contributed by atoms with Crippen LogP contribution in [-0.4, -0.2) is 29.1 Å². The lowest BCUT2D eigenvalue weighted by Crippen LogP contribution is -2.56. The van der Waals surface area contributed by atoms with Crippen LogP contribution in [0.3, 0.4) is 0 Å². The van der Waals surface area contributed by atoms with Gasteiger partial charge < -0.3 is 15.2 Å². The van der Waals surface area contributed by atoms with Gasteiger partial charge in [0.1, 0.15) is 17.9 Å². The van der Waals surface area contributed by atoms with Crippen LogP contribution < -0.4 is 10.1 Å². The smallest absolute Gasteiger partial charge is 0.329 e. The zero-order valence-corrected chi connectivity index (χ0v) is 12.0. The van der Waals surface area contributed by atoms with E-state index in [1.54, 1.807) is 6.92 Å². The van der Waals surface area contributed by atoms with Crippen molar-refractivity contribution in [1.29, 1.82) is 0 Å². The molecule has 1 saturated carbocycles. The molecule has 21 heavy (non-hydrogen) atoms. The molecule has 0 radical (unpaired) electrons. The molecule has 1 heterocycles. The van der Waals surface area contributed by atoms with Gasteiger partial charge in [0.15, 0.2) is 0 Å². The number of benzene rings is 1. The topological polar surface area (TPSA) is 75.6 Å². The number of nitrogens with one attached hydrogen (secondary N) is 1. The lowest BCUT2D eigenvalue weighted by atomic mass is 9.92. The third kappa shape index (κ3) is 2.60. The SMILES string of the molecule is CC(NC(=O)C1COc2ccccc2C1)(C(=O)O)C1CC1. The maximum Gasteiger partial charge on any atom is 0.329 e. The van der Waals surface area contributed by atoms with E-state index in [9.17, 15) is 14.7 Å². The summed E-state index contributed by atoms with van der Waals surface area (Å²) in [5, 5.41) is 12.1. The first-order valence-electron chi connectivity index (χ1n) is 7.27. The zero-order valence-electron chi connectivity index (χ0n) is 12.0. The number of carbonyl (C=O) groups excluding carboxylic acids is 1. The Hall–Kier alpha value is -2.04. The normalized spacial score (nSPS) is 23.4. The summed E-state index contributed by atoms with van der Waals surface area (Å²) in [6.45, 7) is 1.89. The summed E-state index contributed by atoms with van der Waals surface area (Å²) < 4.78 is 5.60. The van der Waals surface area contributed by atoms with E-state index < -0.39 is 11.5 Å². The maximum atomic E-state index is 12.4. The minimum Gasteiger partial charge on any atom is -0.492 e. The summed E-state index contributed by atoms with van der Waals surface area (Å²) in [6.07, 6.45) is 2.29. The highest BCUT2D eigenvalue weighted by atomic mass is 16.5. The summed E-state index contributed by atoms with van der Waals surface area (Å²) in [5.41, 5.74) is -0.166. The van der Waals surface area contributed by atoms with Gasteiger partial charge in [-0.15, -0.1) is 0 Å². The highest BCUT2D eigenvalue weighted by Crippen LogP contribution is 2.40. The molecule has 1 fully saturated rings. The number of fused-ring (bicyclic) bond motifs is 1. The number of para-hydroxylation sites is 1. The fourth-order valence-corrected chi connectivity index (χ4v) is 2.85.